The predicted octanol–water partition coefficient (Wildman–Crippen LogP) is 3.56. The van der Waals surface area contributed by atoms with Crippen molar-refractivity contribution in [2.75, 3.05) is 19.5 Å². The van der Waals surface area contributed by atoms with Crippen molar-refractivity contribution in [1.29, 1.82) is 0 Å². The number of carbonyl (C=O) groups excluding carboxylic acids is 1. The number of hydrogen-bond acceptors (Lipinski definition) is 4. The average Bonchev–Trinajstić information content (AvgIpc) is 2.83. The van der Waals surface area contributed by atoms with Crippen LogP contribution in [0.4, 0.5) is 5.69 Å². The van der Waals surface area contributed by atoms with Gasteiger partial charge in [-0.15, -0.1) is 0 Å². The van der Waals surface area contributed by atoms with Crippen LogP contribution in [0.15, 0.2) is 30.3 Å². The van der Waals surface area contributed by atoms with Gasteiger partial charge in [-0.2, -0.15) is 0 Å². The lowest BCUT2D eigenvalue weighted by Crippen LogP contribution is -2.03. The van der Waals surface area contributed by atoms with Gasteiger partial charge in [0.05, 0.1) is 19.9 Å². The van der Waals surface area contributed by atoms with E-state index in [1.165, 1.54) is 14.2 Å². The van der Waals surface area contributed by atoms with Crippen LogP contribution in [0.25, 0.3) is 11.6 Å². The van der Waals surface area contributed by atoms with Crippen LogP contribution in [0.3, 0.4) is 0 Å². The molecule has 0 aromatic heterocycles. The molecule has 2 aromatic carbocycles. The highest BCUT2D eigenvalue weighted by atomic mass is 35.5. The zero-order valence-corrected chi connectivity index (χ0v) is 13.3. The van der Waals surface area contributed by atoms with Crippen molar-refractivity contribution in [2.24, 2.45) is 0 Å². The molecule has 118 valence electrons. The van der Waals surface area contributed by atoms with Gasteiger partial charge in [0.1, 0.15) is 0 Å². The Morgan fingerprint density at radius 1 is 1.13 bits per heavy atom. The van der Waals surface area contributed by atoms with E-state index in [4.69, 9.17) is 21.1 Å². The van der Waals surface area contributed by atoms with Crippen molar-refractivity contribution >= 4 is 34.8 Å². The molecule has 3 rings (SSSR count). The van der Waals surface area contributed by atoms with Crippen molar-refractivity contribution in [2.45, 2.75) is 0 Å². The van der Waals surface area contributed by atoms with Crippen molar-refractivity contribution < 1.29 is 19.4 Å². The Bertz CT molecular complexity index is 804. The number of aromatic hydroxyl groups is 1. The normalized spacial score (nSPS) is 14.6. The van der Waals surface area contributed by atoms with Gasteiger partial charge in [0.15, 0.2) is 11.5 Å². The van der Waals surface area contributed by atoms with E-state index < -0.39 is 0 Å². The SMILES string of the molecule is COc1cc(C=C2C(=O)Nc3cc(Cl)ccc32)cc(OC)c1O. The van der Waals surface area contributed by atoms with E-state index in [9.17, 15) is 9.90 Å². The van der Waals surface area contributed by atoms with E-state index in [1.807, 2.05) is 0 Å². The fourth-order valence-electron chi connectivity index (χ4n) is 2.47. The minimum Gasteiger partial charge on any atom is -0.502 e. The second kappa shape index (κ2) is 5.85. The van der Waals surface area contributed by atoms with E-state index in [0.29, 0.717) is 21.8 Å². The van der Waals surface area contributed by atoms with Crippen molar-refractivity contribution in [3.05, 3.63) is 46.5 Å². The maximum absolute atomic E-state index is 12.2. The first-order valence-corrected chi connectivity index (χ1v) is 7.19. The number of rotatable bonds is 3. The first-order chi connectivity index (χ1) is 11.0. The Morgan fingerprint density at radius 3 is 2.39 bits per heavy atom. The third-order valence-electron chi connectivity index (χ3n) is 3.58. The minimum atomic E-state index is -0.215. The summed E-state index contributed by atoms with van der Waals surface area (Å²) >= 11 is 5.94. The summed E-state index contributed by atoms with van der Waals surface area (Å²) in [5.41, 5.74) is 2.62. The van der Waals surface area contributed by atoms with Crippen LogP contribution in [-0.4, -0.2) is 25.2 Å². The average molecular weight is 332 g/mol. The molecule has 1 aliphatic rings. The van der Waals surface area contributed by atoms with Gasteiger partial charge >= 0.3 is 0 Å². The Kier molecular flexibility index (Phi) is 3.88. The van der Waals surface area contributed by atoms with Gasteiger partial charge in [0, 0.05) is 16.2 Å². The number of fused-ring (bicyclic) bond motifs is 1. The van der Waals surface area contributed by atoms with Gasteiger partial charge in [0.2, 0.25) is 5.75 Å². The van der Waals surface area contributed by atoms with Crippen LogP contribution in [-0.2, 0) is 4.79 Å². The molecular weight excluding hydrogens is 318 g/mol. The molecule has 0 saturated carbocycles. The lowest BCUT2D eigenvalue weighted by Gasteiger charge is -2.09. The number of nitrogens with one attached hydrogen (secondary N) is 1. The highest BCUT2D eigenvalue weighted by Crippen LogP contribution is 2.40. The number of ether oxygens (including phenoxy) is 2. The van der Waals surface area contributed by atoms with Crippen molar-refractivity contribution in [3.8, 4) is 17.2 Å². The molecule has 1 aliphatic heterocycles. The Morgan fingerprint density at radius 2 is 1.78 bits per heavy atom. The molecule has 1 heterocycles. The largest absolute Gasteiger partial charge is 0.502 e. The molecule has 23 heavy (non-hydrogen) atoms. The van der Waals surface area contributed by atoms with Crippen LogP contribution >= 0.6 is 11.6 Å². The van der Waals surface area contributed by atoms with Gasteiger partial charge < -0.3 is 19.9 Å². The standard InChI is InChI=1S/C17H14ClNO4/c1-22-14-6-9(7-15(23-2)16(14)20)5-12-11-4-3-10(18)8-13(11)19-17(12)21/h3-8,20H,1-2H3,(H,19,21). The van der Waals surface area contributed by atoms with E-state index in [2.05, 4.69) is 5.32 Å². The number of methoxy groups -OCH3 is 2. The van der Waals surface area contributed by atoms with Gasteiger partial charge in [-0.25, -0.2) is 0 Å². The summed E-state index contributed by atoms with van der Waals surface area (Å²) in [6.45, 7) is 0. The maximum atomic E-state index is 12.2. The maximum Gasteiger partial charge on any atom is 0.256 e. The zero-order valence-electron chi connectivity index (χ0n) is 12.5. The number of phenols is 1. The van der Waals surface area contributed by atoms with Crippen molar-refractivity contribution in [3.63, 3.8) is 0 Å². The molecule has 0 radical (unpaired) electrons. The van der Waals surface area contributed by atoms with Crippen LogP contribution in [0.2, 0.25) is 5.02 Å². The fraction of sp³-hybridized carbons (Fsp3) is 0.118. The molecule has 5 nitrogen and oxygen atoms in total. The molecule has 0 unspecified atom stereocenters. The van der Waals surface area contributed by atoms with E-state index in [-0.39, 0.29) is 23.2 Å². The highest BCUT2D eigenvalue weighted by Gasteiger charge is 2.24. The summed E-state index contributed by atoms with van der Waals surface area (Å²) in [7, 11) is 2.90. The number of benzene rings is 2. The molecule has 2 aromatic rings. The van der Waals surface area contributed by atoms with Crippen molar-refractivity contribution in [1.82, 2.24) is 0 Å². The Labute approximate surface area is 138 Å². The van der Waals surface area contributed by atoms with Crippen LogP contribution in [0.1, 0.15) is 11.1 Å². The molecule has 1 amide bonds. The Balaban J connectivity index is 2.11. The smallest absolute Gasteiger partial charge is 0.256 e. The number of anilines is 1. The lowest BCUT2D eigenvalue weighted by molar-refractivity contribution is -0.110. The summed E-state index contributed by atoms with van der Waals surface area (Å²) in [6.07, 6.45) is 1.71. The van der Waals surface area contributed by atoms with Gasteiger partial charge in [-0.3, -0.25) is 4.79 Å². The monoisotopic (exact) mass is 331 g/mol. The number of phenolic OH excluding ortho intramolecular Hbond substituents is 1. The molecule has 0 aliphatic carbocycles. The van der Waals surface area contributed by atoms with Crippen LogP contribution < -0.4 is 14.8 Å². The highest BCUT2D eigenvalue weighted by molar-refractivity contribution is 6.36. The zero-order chi connectivity index (χ0) is 16.6. The molecule has 0 spiro atoms. The third kappa shape index (κ3) is 2.71. The van der Waals surface area contributed by atoms with Gasteiger partial charge in [0.25, 0.3) is 5.91 Å². The Hall–Kier alpha value is -2.66. The summed E-state index contributed by atoms with van der Waals surface area (Å²) < 4.78 is 10.3. The molecule has 0 fully saturated rings. The van der Waals surface area contributed by atoms with Gasteiger partial charge in [-0.05, 0) is 35.9 Å². The van der Waals surface area contributed by atoms with E-state index >= 15 is 0 Å². The van der Waals surface area contributed by atoms with Crippen LogP contribution in [0.5, 0.6) is 17.2 Å². The number of halogens is 1. The molecule has 6 heteroatoms. The first-order valence-electron chi connectivity index (χ1n) is 6.81. The topological polar surface area (TPSA) is 67.8 Å². The summed E-state index contributed by atoms with van der Waals surface area (Å²) in [5, 5.41) is 13.3. The predicted molar refractivity (Wildman–Crippen MR) is 89.2 cm³/mol. The second-order valence-corrected chi connectivity index (χ2v) is 5.41. The van der Waals surface area contributed by atoms with Gasteiger partial charge in [-0.1, -0.05) is 17.7 Å². The second-order valence-electron chi connectivity index (χ2n) is 4.98. The molecule has 0 atom stereocenters. The summed E-state index contributed by atoms with van der Waals surface area (Å²) in [4.78, 5) is 12.2. The molecular formula is C17H14ClNO4. The summed E-state index contributed by atoms with van der Waals surface area (Å²) in [5.74, 6) is 0.241. The van der Waals surface area contributed by atoms with E-state index in [0.717, 1.165) is 5.56 Å². The number of hydrogen-bond donors (Lipinski definition) is 2. The molecule has 0 bridgehead atoms. The fourth-order valence-corrected chi connectivity index (χ4v) is 2.65. The molecule has 2 N–H and O–H groups in total. The number of amides is 1. The lowest BCUT2D eigenvalue weighted by atomic mass is 10.0. The first kappa shape index (κ1) is 15.2. The number of carbonyl (C=O) groups is 1. The van der Waals surface area contributed by atoms with Crippen LogP contribution in [0, 0.1) is 0 Å². The quantitative estimate of drug-likeness (QED) is 0.844. The summed E-state index contributed by atoms with van der Waals surface area (Å²) in [6, 6.07) is 8.48. The molecule has 0 saturated heterocycles. The minimum absolute atomic E-state index is 0.0831. The third-order valence-corrected chi connectivity index (χ3v) is 3.81. The van der Waals surface area contributed by atoms with E-state index in [1.54, 1.807) is 36.4 Å².